The molecule has 1 aliphatic carbocycles. The standard InChI is InChI=1S/C22H26FN3O3S/c23-19-5-2-6-20(16-19)24-22(27)9-10-25-11-13-26(14-12-25)30(28,29)21-8-7-17-3-1-4-18(17)15-21/h2,5-8,15-16H,1,3-4,9-14H2,(H,24,27). The molecule has 0 spiro atoms. The number of aryl methyl sites for hydroxylation is 2. The van der Waals surface area contributed by atoms with E-state index in [9.17, 15) is 17.6 Å². The van der Waals surface area contributed by atoms with E-state index >= 15 is 0 Å². The van der Waals surface area contributed by atoms with Crippen LogP contribution in [0.4, 0.5) is 10.1 Å². The zero-order chi connectivity index (χ0) is 21.1. The zero-order valence-electron chi connectivity index (χ0n) is 16.8. The van der Waals surface area contributed by atoms with Gasteiger partial charge in [-0.1, -0.05) is 12.1 Å². The fraction of sp³-hybridized carbons (Fsp3) is 0.409. The van der Waals surface area contributed by atoms with Crippen LogP contribution in [0.25, 0.3) is 0 Å². The van der Waals surface area contributed by atoms with Gasteiger partial charge in [-0.3, -0.25) is 4.79 Å². The number of sulfonamides is 1. The maximum atomic E-state index is 13.2. The number of piperazine rings is 1. The molecule has 0 atom stereocenters. The van der Waals surface area contributed by atoms with Crippen molar-refractivity contribution in [2.75, 3.05) is 38.0 Å². The van der Waals surface area contributed by atoms with Crippen molar-refractivity contribution in [3.05, 3.63) is 59.4 Å². The molecular weight excluding hydrogens is 405 g/mol. The van der Waals surface area contributed by atoms with E-state index in [0.717, 1.165) is 24.8 Å². The maximum Gasteiger partial charge on any atom is 0.243 e. The summed E-state index contributed by atoms with van der Waals surface area (Å²) in [5, 5.41) is 2.69. The molecule has 2 aromatic carbocycles. The van der Waals surface area contributed by atoms with Crippen molar-refractivity contribution in [3.63, 3.8) is 0 Å². The Morgan fingerprint density at radius 2 is 1.77 bits per heavy atom. The summed E-state index contributed by atoms with van der Waals surface area (Å²) < 4.78 is 40.7. The van der Waals surface area contributed by atoms with Crippen LogP contribution in [0, 0.1) is 5.82 Å². The first-order valence-corrected chi connectivity index (χ1v) is 11.8. The van der Waals surface area contributed by atoms with E-state index in [1.807, 2.05) is 12.1 Å². The monoisotopic (exact) mass is 431 g/mol. The van der Waals surface area contributed by atoms with Crippen molar-refractivity contribution < 1.29 is 17.6 Å². The lowest BCUT2D eigenvalue weighted by Crippen LogP contribution is -2.49. The van der Waals surface area contributed by atoms with Crippen molar-refractivity contribution in [2.45, 2.75) is 30.6 Å². The highest BCUT2D eigenvalue weighted by Crippen LogP contribution is 2.26. The summed E-state index contributed by atoms with van der Waals surface area (Å²) in [6.45, 7) is 2.51. The molecule has 1 aliphatic heterocycles. The van der Waals surface area contributed by atoms with Gasteiger partial charge >= 0.3 is 0 Å². The number of carbonyl (C=O) groups is 1. The van der Waals surface area contributed by atoms with E-state index in [1.54, 1.807) is 18.2 Å². The lowest BCUT2D eigenvalue weighted by Gasteiger charge is -2.33. The Balaban J connectivity index is 1.28. The minimum absolute atomic E-state index is 0.186. The molecule has 2 aromatic rings. The van der Waals surface area contributed by atoms with Gasteiger partial charge in [-0.2, -0.15) is 4.31 Å². The van der Waals surface area contributed by atoms with Gasteiger partial charge in [0.2, 0.25) is 15.9 Å². The van der Waals surface area contributed by atoms with Crippen LogP contribution in [0.2, 0.25) is 0 Å². The van der Waals surface area contributed by atoms with Crippen LogP contribution in [-0.4, -0.2) is 56.3 Å². The molecule has 8 heteroatoms. The van der Waals surface area contributed by atoms with Crippen molar-refractivity contribution in [1.82, 2.24) is 9.21 Å². The average Bonchev–Trinajstić information content (AvgIpc) is 3.20. The number of fused-ring (bicyclic) bond motifs is 1. The highest BCUT2D eigenvalue weighted by Gasteiger charge is 2.29. The van der Waals surface area contributed by atoms with Gasteiger partial charge in [-0.15, -0.1) is 0 Å². The van der Waals surface area contributed by atoms with Gasteiger partial charge in [-0.05, 0) is 60.7 Å². The summed E-state index contributed by atoms with van der Waals surface area (Å²) in [7, 11) is -3.49. The third-order valence-electron chi connectivity index (χ3n) is 5.80. The number of rotatable bonds is 6. The number of hydrogen-bond acceptors (Lipinski definition) is 4. The molecule has 0 saturated carbocycles. The fourth-order valence-corrected chi connectivity index (χ4v) is 5.57. The summed E-state index contributed by atoms with van der Waals surface area (Å²) in [5.41, 5.74) is 2.85. The van der Waals surface area contributed by atoms with Crippen LogP contribution in [0.5, 0.6) is 0 Å². The molecule has 6 nitrogen and oxygen atoms in total. The number of amides is 1. The van der Waals surface area contributed by atoms with E-state index in [4.69, 9.17) is 0 Å². The van der Waals surface area contributed by atoms with E-state index in [2.05, 4.69) is 10.2 Å². The molecule has 0 radical (unpaired) electrons. The van der Waals surface area contributed by atoms with E-state index in [-0.39, 0.29) is 12.3 Å². The average molecular weight is 432 g/mol. The predicted octanol–water partition coefficient (Wildman–Crippen LogP) is 2.65. The first kappa shape index (κ1) is 21.0. The zero-order valence-corrected chi connectivity index (χ0v) is 17.6. The van der Waals surface area contributed by atoms with Crippen LogP contribution in [-0.2, 0) is 27.7 Å². The molecule has 1 amide bonds. The van der Waals surface area contributed by atoms with Gasteiger partial charge in [0.1, 0.15) is 5.82 Å². The Labute approximate surface area is 176 Å². The third kappa shape index (κ3) is 4.71. The maximum absolute atomic E-state index is 13.2. The molecule has 0 aromatic heterocycles. The SMILES string of the molecule is O=C(CCN1CCN(S(=O)(=O)c2ccc3c(c2)CCC3)CC1)Nc1cccc(F)c1. The lowest BCUT2D eigenvalue weighted by atomic mass is 10.1. The fourth-order valence-electron chi connectivity index (χ4n) is 4.10. The molecule has 160 valence electrons. The van der Waals surface area contributed by atoms with Gasteiger partial charge in [0.05, 0.1) is 4.90 Å². The van der Waals surface area contributed by atoms with E-state index in [1.165, 1.54) is 22.0 Å². The minimum atomic E-state index is -3.49. The Hall–Kier alpha value is -2.29. The molecule has 1 saturated heterocycles. The molecule has 30 heavy (non-hydrogen) atoms. The first-order chi connectivity index (χ1) is 14.4. The van der Waals surface area contributed by atoms with Crippen LogP contribution < -0.4 is 5.32 Å². The summed E-state index contributed by atoms with van der Waals surface area (Å²) in [5.74, 6) is -0.581. The second-order valence-electron chi connectivity index (χ2n) is 7.84. The largest absolute Gasteiger partial charge is 0.326 e. The Morgan fingerprint density at radius 3 is 2.53 bits per heavy atom. The predicted molar refractivity (Wildman–Crippen MR) is 113 cm³/mol. The van der Waals surface area contributed by atoms with Crippen LogP contribution in [0.15, 0.2) is 47.4 Å². The highest BCUT2D eigenvalue weighted by molar-refractivity contribution is 7.89. The topological polar surface area (TPSA) is 69.7 Å². The number of benzene rings is 2. The van der Waals surface area contributed by atoms with Crippen LogP contribution in [0.1, 0.15) is 24.0 Å². The number of nitrogens with zero attached hydrogens (tertiary/aromatic N) is 2. The minimum Gasteiger partial charge on any atom is -0.326 e. The second kappa shape index (κ2) is 8.83. The lowest BCUT2D eigenvalue weighted by molar-refractivity contribution is -0.116. The molecule has 0 bridgehead atoms. The van der Waals surface area contributed by atoms with Crippen molar-refractivity contribution in [2.24, 2.45) is 0 Å². The van der Waals surface area contributed by atoms with E-state index in [0.29, 0.717) is 43.3 Å². The second-order valence-corrected chi connectivity index (χ2v) is 9.78. The Kier molecular flexibility index (Phi) is 6.17. The van der Waals surface area contributed by atoms with Gasteiger partial charge in [-0.25, -0.2) is 12.8 Å². The summed E-state index contributed by atoms with van der Waals surface area (Å²) in [6.07, 6.45) is 3.34. The van der Waals surface area contributed by atoms with Crippen molar-refractivity contribution >= 4 is 21.6 Å². The number of carbonyl (C=O) groups excluding carboxylic acids is 1. The molecule has 1 fully saturated rings. The third-order valence-corrected chi connectivity index (χ3v) is 7.70. The number of hydrogen-bond donors (Lipinski definition) is 1. The number of anilines is 1. The van der Waals surface area contributed by atoms with Gasteiger partial charge in [0.25, 0.3) is 0 Å². The van der Waals surface area contributed by atoms with Gasteiger partial charge in [0.15, 0.2) is 0 Å². The Bertz CT molecular complexity index is 1030. The summed E-state index contributed by atoms with van der Waals surface area (Å²) in [6, 6.07) is 11.3. The molecule has 2 aliphatic rings. The molecule has 4 rings (SSSR count). The molecule has 1 heterocycles. The van der Waals surface area contributed by atoms with Crippen LogP contribution >= 0.6 is 0 Å². The summed E-state index contributed by atoms with van der Waals surface area (Å²) >= 11 is 0. The normalized spacial score (nSPS) is 17.6. The Morgan fingerprint density at radius 1 is 1.00 bits per heavy atom. The van der Waals surface area contributed by atoms with Crippen molar-refractivity contribution in [1.29, 1.82) is 0 Å². The molecule has 0 unspecified atom stereocenters. The van der Waals surface area contributed by atoms with Gasteiger partial charge < -0.3 is 10.2 Å². The van der Waals surface area contributed by atoms with Crippen molar-refractivity contribution in [3.8, 4) is 0 Å². The smallest absolute Gasteiger partial charge is 0.243 e. The summed E-state index contributed by atoms with van der Waals surface area (Å²) in [4.78, 5) is 14.6. The highest BCUT2D eigenvalue weighted by atomic mass is 32.2. The van der Waals surface area contributed by atoms with E-state index < -0.39 is 15.8 Å². The van der Waals surface area contributed by atoms with Crippen LogP contribution in [0.3, 0.4) is 0 Å². The quantitative estimate of drug-likeness (QED) is 0.764. The number of halogens is 1. The molecular formula is C22H26FN3O3S. The van der Waals surface area contributed by atoms with Gasteiger partial charge in [0, 0.05) is 44.8 Å². The first-order valence-electron chi connectivity index (χ1n) is 10.3. The number of nitrogens with one attached hydrogen (secondary N) is 1. The molecule has 1 N–H and O–H groups in total.